The van der Waals surface area contributed by atoms with Crippen LogP contribution in [0.3, 0.4) is 0 Å². The Morgan fingerprint density at radius 3 is 1.64 bits per heavy atom. The van der Waals surface area contributed by atoms with Gasteiger partial charge in [0.05, 0.1) is 35.6 Å². The quantitative estimate of drug-likeness (QED) is 0.709. The molecule has 0 bridgehead atoms. The first-order chi connectivity index (χ1) is 12.1. The number of hydrogen-bond donors (Lipinski definition) is 0. The maximum absolute atomic E-state index is 12.9. The number of anilines is 2. The molecule has 0 spiro atoms. The van der Waals surface area contributed by atoms with E-state index in [-0.39, 0.29) is 0 Å². The molecule has 2 aromatic rings. The van der Waals surface area contributed by atoms with Gasteiger partial charge in [-0.25, -0.2) is 8.42 Å². The Morgan fingerprint density at radius 2 is 1.24 bits per heavy atom. The number of rotatable bonds is 2. The molecule has 3 heterocycles. The van der Waals surface area contributed by atoms with Crippen LogP contribution in [0.2, 0.25) is 0 Å². The van der Waals surface area contributed by atoms with Gasteiger partial charge < -0.3 is 9.80 Å². The second-order valence-electron chi connectivity index (χ2n) is 6.29. The van der Waals surface area contributed by atoms with E-state index in [1.165, 1.54) is 0 Å². The zero-order valence-corrected chi connectivity index (χ0v) is 14.3. The van der Waals surface area contributed by atoms with Crippen LogP contribution in [0.25, 0.3) is 11.1 Å². The summed E-state index contributed by atoms with van der Waals surface area (Å²) in [6, 6.07) is 11.0. The highest BCUT2D eigenvalue weighted by Crippen LogP contribution is 2.46. The SMILES string of the molecule is O=S1(=O)c2ccc(N3C=NCC3)cc2-c2cc(N3C=NCC3)ccc21. The minimum atomic E-state index is -3.45. The van der Waals surface area contributed by atoms with Gasteiger partial charge in [-0.2, -0.15) is 0 Å². The monoisotopic (exact) mass is 352 g/mol. The average molecular weight is 352 g/mol. The van der Waals surface area contributed by atoms with Crippen molar-refractivity contribution in [2.75, 3.05) is 36.0 Å². The van der Waals surface area contributed by atoms with Gasteiger partial charge in [0.2, 0.25) is 9.84 Å². The fourth-order valence-electron chi connectivity index (χ4n) is 3.55. The highest BCUT2D eigenvalue weighted by Gasteiger charge is 2.34. The van der Waals surface area contributed by atoms with Crippen LogP contribution in [0.5, 0.6) is 0 Å². The van der Waals surface area contributed by atoms with Gasteiger partial charge in [0, 0.05) is 35.6 Å². The summed E-state index contributed by atoms with van der Waals surface area (Å²) in [6.45, 7) is 3.18. The minimum Gasteiger partial charge on any atom is -0.331 e. The molecule has 6 nitrogen and oxygen atoms in total. The molecule has 7 heteroatoms. The Morgan fingerprint density at radius 1 is 0.760 bits per heavy atom. The van der Waals surface area contributed by atoms with E-state index < -0.39 is 9.84 Å². The summed E-state index contributed by atoms with van der Waals surface area (Å²) in [7, 11) is -3.45. The van der Waals surface area contributed by atoms with E-state index in [0.717, 1.165) is 48.7 Å². The van der Waals surface area contributed by atoms with Crippen LogP contribution in [0, 0.1) is 0 Å². The molecule has 5 rings (SSSR count). The molecule has 2 aromatic carbocycles. The lowest BCUT2D eigenvalue weighted by Crippen LogP contribution is -2.18. The molecule has 0 fully saturated rings. The normalized spacial score (nSPS) is 19.5. The van der Waals surface area contributed by atoms with Gasteiger partial charge in [0.25, 0.3) is 0 Å². The lowest BCUT2D eigenvalue weighted by atomic mass is 10.0. The van der Waals surface area contributed by atoms with E-state index in [9.17, 15) is 8.42 Å². The van der Waals surface area contributed by atoms with Crippen molar-refractivity contribution < 1.29 is 8.42 Å². The van der Waals surface area contributed by atoms with Crippen molar-refractivity contribution in [3.05, 3.63) is 36.4 Å². The molecular weight excluding hydrogens is 336 g/mol. The van der Waals surface area contributed by atoms with E-state index in [1.54, 1.807) is 12.1 Å². The molecule has 0 radical (unpaired) electrons. The topological polar surface area (TPSA) is 65.3 Å². The van der Waals surface area contributed by atoms with Gasteiger partial charge in [-0.3, -0.25) is 9.98 Å². The Balaban J connectivity index is 1.68. The van der Waals surface area contributed by atoms with E-state index in [4.69, 9.17) is 0 Å². The number of benzene rings is 2. The van der Waals surface area contributed by atoms with Gasteiger partial charge in [-0.1, -0.05) is 0 Å². The molecule has 0 N–H and O–H groups in total. The molecule has 3 aliphatic heterocycles. The predicted molar refractivity (Wildman–Crippen MR) is 98.7 cm³/mol. The highest BCUT2D eigenvalue weighted by molar-refractivity contribution is 7.92. The molecular formula is C18H16N4O2S. The standard InChI is InChI=1S/C18H16N4O2S/c23-25(24)17-3-1-13(21-7-5-19-11-21)9-15(17)16-10-14(2-4-18(16)25)22-8-6-20-12-22/h1-4,9-12H,5-8H2. The van der Waals surface area contributed by atoms with Gasteiger partial charge in [0.15, 0.2) is 0 Å². The summed E-state index contributed by atoms with van der Waals surface area (Å²) in [6.07, 6.45) is 3.62. The van der Waals surface area contributed by atoms with Crippen LogP contribution in [0.4, 0.5) is 11.4 Å². The molecule has 0 saturated heterocycles. The van der Waals surface area contributed by atoms with Crippen LogP contribution in [0.1, 0.15) is 0 Å². The molecule has 126 valence electrons. The first kappa shape index (κ1) is 14.7. The van der Waals surface area contributed by atoms with Crippen LogP contribution in [-0.2, 0) is 9.84 Å². The summed E-state index contributed by atoms with van der Waals surface area (Å²) in [5.74, 6) is 0. The van der Waals surface area contributed by atoms with Gasteiger partial charge in [-0.15, -0.1) is 0 Å². The molecule has 3 aliphatic rings. The average Bonchev–Trinajstić information content (AvgIpc) is 3.36. The van der Waals surface area contributed by atoms with E-state index in [0.29, 0.717) is 9.79 Å². The molecule has 0 unspecified atom stereocenters. The molecule has 0 aliphatic carbocycles. The summed E-state index contributed by atoms with van der Waals surface area (Å²) >= 11 is 0. The van der Waals surface area contributed by atoms with Crippen LogP contribution >= 0.6 is 0 Å². The molecule has 25 heavy (non-hydrogen) atoms. The Hall–Kier alpha value is -2.67. The fraction of sp³-hybridized carbons (Fsp3) is 0.222. The van der Waals surface area contributed by atoms with Crippen molar-refractivity contribution in [3.63, 3.8) is 0 Å². The second-order valence-corrected chi connectivity index (χ2v) is 8.18. The largest absolute Gasteiger partial charge is 0.331 e. The molecule has 0 saturated carbocycles. The van der Waals surface area contributed by atoms with Crippen LogP contribution < -0.4 is 9.80 Å². The van der Waals surface area contributed by atoms with Crippen molar-refractivity contribution in [3.8, 4) is 11.1 Å². The van der Waals surface area contributed by atoms with Gasteiger partial charge in [-0.05, 0) is 36.4 Å². The van der Waals surface area contributed by atoms with Crippen molar-refractivity contribution in [2.24, 2.45) is 9.98 Å². The smallest absolute Gasteiger partial charge is 0.207 e. The zero-order chi connectivity index (χ0) is 17.0. The Bertz CT molecular complexity index is 966. The number of nitrogens with zero attached hydrogens (tertiary/aromatic N) is 4. The third-order valence-corrected chi connectivity index (χ3v) is 6.71. The lowest BCUT2D eigenvalue weighted by molar-refractivity contribution is 0.598. The molecule has 0 atom stereocenters. The van der Waals surface area contributed by atoms with E-state index in [2.05, 4.69) is 9.98 Å². The Labute approximate surface area is 146 Å². The van der Waals surface area contributed by atoms with Crippen molar-refractivity contribution in [1.29, 1.82) is 0 Å². The maximum Gasteiger partial charge on any atom is 0.207 e. The summed E-state index contributed by atoms with van der Waals surface area (Å²) < 4.78 is 25.7. The predicted octanol–water partition coefficient (Wildman–Crippen LogP) is 2.20. The van der Waals surface area contributed by atoms with Crippen LogP contribution in [0.15, 0.2) is 56.2 Å². The van der Waals surface area contributed by atoms with Crippen molar-refractivity contribution >= 4 is 33.9 Å². The Kier molecular flexibility index (Phi) is 3.03. The first-order valence-electron chi connectivity index (χ1n) is 8.21. The molecule has 0 aromatic heterocycles. The number of sulfone groups is 1. The third kappa shape index (κ3) is 2.12. The summed E-state index contributed by atoms with van der Waals surface area (Å²) in [5, 5.41) is 0. The number of hydrogen-bond acceptors (Lipinski definition) is 6. The van der Waals surface area contributed by atoms with Crippen molar-refractivity contribution in [1.82, 2.24) is 0 Å². The van der Waals surface area contributed by atoms with E-state index in [1.807, 2.05) is 46.7 Å². The first-order valence-corrected chi connectivity index (χ1v) is 9.70. The summed E-state index contributed by atoms with van der Waals surface area (Å²) in [4.78, 5) is 13.3. The summed E-state index contributed by atoms with van der Waals surface area (Å²) in [5.41, 5.74) is 3.48. The van der Waals surface area contributed by atoms with Gasteiger partial charge in [0.1, 0.15) is 0 Å². The zero-order valence-electron chi connectivity index (χ0n) is 13.5. The number of fused-ring (bicyclic) bond motifs is 3. The van der Waals surface area contributed by atoms with Crippen molar-refractivity contribution in [2.45, 2.75) is 9.79 Å². The minimum absolute atomic E-state index is 0.384. The lowest BCUT2D eigenvalue weighted by Gasteiger charge is -2.16. The maximum atomic E-state index is 12.9. The van der Waals surface area contributed by atoms with Crippen LogP contribution in [-0.4, -0.2) is 47.3 Å². The second kappa shape index (κ2) is 5.16. The number of aliphatic imine (C=N–C) groups is 2. The molecule has 0 amide bonds. The van der Waals surface area contributed by atoms with Gasteiger partial charge >= 0.3 is 0 Å². The third-order valence-electron chi connectivity index (χ3n) is 4.84. The highest BCUT2D eigenvalue weighted by atomic mass is 32.2. The fourth-order valence-corrected chi connectivity index (χ4v) is 5.20. The van der Waals surface area contributed by atoms with E-state index >= 15 is 0 Å².